The summed E-state index contributed by atoms with van der Waals surface area (Å²) in [5, 5.41) is 6.33. The Morgan fingerprint density at radius 1 is 1.30 bits per heavy atom. The predicted molar refractivity (Wildman–Crippen MR) is 106 cm³/mol. The lowest BCUT2D eigenvalue weighted by Crippen LogP contribution is -2.43. The summed E-state index contributed by atoms with van der Waals surface area (Å²) in [6, 6.07) is 6.43. The van der Waals surface area contributed by atoms with Crippen molar-refractivity contribution in [2.24, 2.45) is 5.41 Å². The molecule has 1 amide bonds. The second kappa shape index (κ2) is 8.29. The average Bonchev–Trinajstić information content (AvgIpc) is 2.67. The normalized spacial score (nSPS) is 23.7. The van der Waals surface area contributed by atoms with Crippen LogP contribution in [0.4, 0.5) is 0 Å². The molecule has 27 heavy (non-hydrogen) atoms. The number of benzene rings is 1. The molecule has 0 aromatic heterocycles. The number of rotatable bonds is 5. The summed E-state index contributed by atoms with van der Waals surface area (Å²) in [5.74, 6) is -0.210. The van der Waals surface area contributed by atoms with E-state index in [1.807, 2.05) is 6.92 Å². The zero-order valence-electron chi connectivity index (χ0n) is 16.3. The second-order valence-electron chi connectivity index (χ2n) is 8.23. The van der Waals surface area contributed by atoms with Gasteiger partial charge in [0.1, 0.15) is 0 Å². The zero-order valence-corrected chi connectivity index (χ0v) is 17.1. The van der Waals surface area contributed by atoms with Crippen LogP contribution in [0, 0.1) is 5.41 Å². The first kappa shape index (κ1) is 20.3. The third kappa shape index (κ3) is 4.70. The summed E-state index contributed by atoms with van der Waals surface area (Å²) in [4.78, 5) is 12.8. The summed E-state index contributed by atoms with van der Waals surface area (Å²) in [6.45, 7) is 7.22. The van der Waals surface area contributed by atoms with Crippen LogP contribution in [-0.2, 0) is 10.0 Å². The first-order valence-electron chi connectivity index (χ1n) is 9.93. The number of piperidine rings is 2. The first-order chi connectivity index (χ1) is 12.8. The molecule has 2 saturated heterocycles. The Morgan fingerprint density at radius 2 is 2.04 bits per heavy atom. The minimum absolute atomic E-state index is 0.00101. The van der Waals surface area contributed by atoms with Crippen molar-refractivity contribution in [2.45, 2.75) is 56.9 Å². The van der Waals surface area contributed by atoms with E-state index in [9.17, 15) is 13.2 Å². The lowest BCUT2D eigenvalue weighted by Gasteiger charge is -2.34. The molecular weight excluding hydrogens is 362 g/mol. The number of sulfonamides is 1. The predicted octanol–water partition coefficient (Wildman–Crippen LogP) is 2.37. The van der Waals surface area contributed by atoms with Gasteiger partial charge in [-0.15, -0.1) is 0 Å². The Hall–Kier alpha value is -1.44. The van der Waals surface area contributed by atoms with E-state index < -0.39 is 10.0 Å². The molecule has 1 unspecified atom stereocenters. The van der Waals surface area contributed by atoms with Crippen molar-refractivity contribution < 1.29 is 13.2 Å². The van der Waals surface area contributed by atoms with Crippen LogP contribution < -0.4 is 10.6 Å². The smallest absolute Gasteiger partial charge is 0.251 e. The number of carbonyl (C=O) groups is 1. The fourth-order valence-electron chi connectivity index (χ4n) is 3.96. The molecule has 150 valence electrons. The molecule has 2 aliphatic heterocycles. The van der Waals surface area contributed by atoms with Gasteiger partial charge in [-0.05, 0) is 69.3 Å². The van der Waals surface area contributed by atoms with Crippen LogP contribution in [0.5, 0.6) is 0 Å². The van der Waals surface area contributed by atoms with Gasteiger partial charge in [0.05, 0.1) is 4.90 Å². The number of nitrogens with one attached hydrogen (secondary N) is 2. The van der Waals surface area contributed by atoms with Gasteiger partial charge in [-0.1, -0.05) is 19.4 Å². The van der Waals surface area contributed by atoms with Crippen molar-refractivity contribution in [1.82, 2.24) is 14.9 Å². The van der Waals surface area contributed by atoms with Crippen molar-refractivity contribution >= 4 is 15.9 Å². The Kier molecular flexibility index (Phi) is 6.23. The molecule has 2 heterocycles. The fraction of sp³-hybridized carbons (Fsp3) is 0.650. The minimum atomic E-state index is -3.57. The van der Waals surface area contributed by atoms with E-state index >= 15 is 0 Å². The molecule has 2 aliphatic rings. The molecular formula is C20H31N3O3S. The van der Waals surface area contributed by atoms with E-state index in [0.717, 1.165) is 45.2 Å². The van der Waals surface area contributed by atoms with E-state index in [0.29, 0.717) is 18.7 Å². The number of nitrogens with zero attached hydrogens (tertiary/aromatic N) is 1. The molecule has 0 spiro atoms. The maximum atomic E-state index is 13.0. The maximum absolute atomic E-state index is 13.0. The van der Waals surface area contributed by atoms with Crippen LogP contribution in [0.3, 0.4) is 0 Å². The molecule has 0 saturated carbocycles. The monoisotopic (exact) mass is 393 g/mol. The molecule has 0 aliphatic carbocycles. The summed E-state index contributed by atoms with van der Waals surface area (Å²) in [6.07, 6.45) is 4.87. The van der Waals surface area contributed by atoms with Crippen LogP contribution in [0.2, 0.25) is 0 Å². The summed E-state index contributed by atoms with van der Waals surface area (Å²) < 4.78 is 27.6. The van der Waals surface area contributed by atoms with Gasteiger partial charge < -0.3 is 10.6 Å². The number of hydrogen-bond acceptors (Lipinski definition) is 4. The van der Waals surface area contributed by atoms with Gasteiger partial charge in [0.15, 0.2) is 0 Å². The minimum Gasteiger partial charge on any atom is -0.351 e. The van der Waals surface area contributed by atoms with Gasteiger partial charge in [-0.2, -0.15) is 4.31 Å². The number of amides is 1. The van der Waals surface area contributed by atoms with Crippen LogP contribution in [0.1, 0.15) is 56.3 Å². The molecule has 0 radical (unpaired) electrons. The number of carbonyl (C=O) groups excluding carboxylic acids is 1. The molecule has 7 heteroatoms. The Morgan fingerprint density at radius 3 is 2.74 bits per heavy atom. The SMILES string of the molecule is CC1CCCCN1S(=O)(=O)c1cccc(C(=O)NCC2(C)CCNCC2)c1. The Balaban J connectivity index is 1.71. The van der Waals surface area contributed by atoms with Crippen molar-refractivity contribution in [1.29, 1.82) is 0 Å². The highest BCUT2D eigenvalue weighted by atomic mass is 32.2. The molecule has 1 aromatic rings. The Labute approximate surface area is 162 Å². The van der Waals surface area contributed by atoms with E-state index in [-0.39, 0.29) is 22.3 Å². The highest BCUT2D eigenvalue weighted by molar-refractivity contribution is 7.89. The fourth-order valence-corrected chi connectivity index (χ4v) is 5.71. The zero-order chi connectivity index (χ0) is 19.5. The van der Waals surface area contributed by atoms with Crippen molar-refractivity contribution in [2.75, 3.05) is 26.2 Å². The van der Waals surface area contributed by atoms with Crippen molar-refractivity contribution in [3.05, 3.63) is 29.8 Å². The lowest BCUT2D eigenvalue weighted by atomic mass is 9.81. The highest BCUT2D eigenvalue weighted by Crippen LogP contribution is 2.27. The molecule has 2 fully saturated rings. The van der Waals surface area contributed by atoms with Crippen LogP contribution in [-0.4, -0.2) is 50.9 Å². The molecule has 1 aromatic carbocycles. The van der Waals surface area contributed by atoms with Crippen molar-refractivity contribution in [3.63, 3.8) is 0 Å². The summed E-state index contributed by atoms with van der Waals surface area (Å²) in [7, 11) is -3.57. The van der Waals surface area contributed by atoms with E-state index in [1.165, 1.54) is 6.07 Å². The van der Waals surface area contributed by atoms with E-state index in [4.69, 9.17) is 0 Å². The molecule has 0 bridgehead atoms. The topological polar surface area (TPSA) is 78.5 Å². The quantitative estimate of drug-likeness (QED) is 0.805. The van der Waals surface area contributed by atoms with Gasteiger partial charge >= 0.3 is 0 Å². The van der Waals surface area contributed by atoms with Crippen molar-refractivity contribution in [3.8, 4) is 0 Å². The van der Waals surface area contributed by atoms with Gasteiger partial charge in [0.25, 0.3) is 5.91 Å². The first-order valence-corrected chi connectivity index (χ1v) is 11.4. The molecule has 3 rings (SSSR count). The van der Waals surface area contributed by atoms with Gasteiger partial charge in [-0.3, -0.25) is 4.79 Å². The third-order valence-corrected chi connectivity index (χ3v) is 7.94. The van der Waals surface area contributed by atoms with Crippen LogP contribution >= 0.6 is 0 Å². The lowest BCUT2D eigenvalue weighted by molar-refractivity contribution is 0.0922. The van der Waals surface area contributed by atoms with Crippen LogP contribution in [0.25, 0.3) is 0 Å². The van der Waals surface area contributed by atoms with E-state index in [1.54, 1.807) is 22.5 Å². The average molecular weight is 394 g/mol. The summed E-state index contributed by atoms with van der Waals surface area (Å²) >= 11 is 0. The van der Waals surface area contributed by atoms with Gasteiger partial charge in [-0.25, -0.2) is 8.42 Å². The largest absolute Gasteiger partial charge is 0.351 e. The molecule has 1 atom stereocenters. The highest BCUT2D eigenvalue weighted by Gasteiger charge is 2.31. The van der Waals surface area contributed by atoms with E-state index in [2.05, 4.69) is 17.6 Å². The van der Waals surface area contributed by atoms with Gasteiger partial charge in [0.2, 0.25) is 10.0 Å². The standard InChI is InChI=1S/C20H31N3O3S/c1-16-6-3-4-13-23(16)27(25,26)18-8-5-7-17(14-18)19(24)22-15-20(2)9-11-21-12-10-20/h5,7-8,14,16,21H,3-4,6,9-13,15H2,1-2H3,(H,22,24). The van der Waals surface area contributed by atoms with Gasteiger partial charge in [0, 0.05) is 24.7 Å². The second-order valence-corrected chi connectivity index (χ2v) is 10.1. The molecule has 6 nitrogen and oxygen atoms in total. The maximum Gasteiger partial charge on any atom is 0.251 e. The summed E-state index contributed by atoms with van der Waals surface area (Å²) in [5.41, 5.74) is 0.492. The third-order valence-electron chi connectivity index (χ3n) is 5.93. The van der Waals surface area contributed by atoms with Crippen LogP contribution in [0.15, 0.2) is 29.2 Å². The number of hydrogen-bond donors (Lipinski definition) is 2. The Bertz CT molecular complexity index is 772. The molecule has 2 N–H and O–H groups in total.